The topological polar surface area (TPSA) is 109 Å². The summed E-state index contributed by atoms with van der Waals surface area (Å²) in [5, 5.41) is 20.8. The van der Waals surface area contributed by atoms with Gasteiger partial charge in [0, 0.05) is 0 Å². The molecule has 0 saturated heterocycles. The van der Waals surface area contributed by atoms with Crippen molar-refractivity contribution in [3.8, 4) is 0 Å². The van der Waals surface area contributed by atoms with Crippen LogP contribution in [0.2, 0.25) is 0 Å². The van der Waals surface area contributed by atoms with Crippen LogP contribution in [0.15, 0.2) is 50.3 Å². The van der Waals surface area contributed by atoms with E-state index in [4.69, 9.17) is 27.8 Å². The number of fused-ring (bicyclic) bond motifs is 2. The van der Waals surface area contributed by atoms with Gasteiger partial charge >= 0.3 is 275 Å². The molecule has 45 heavy (non-hydrogen) atoms. The number of aromatic nitrogens is 2. The van der Waals surface area contributed by atoms with Crippen LogP contribution in [0, 0.1) is 13.8 Å². The molecule has 2 N–H and O–H groups in total. The van der Waals surface area contributed by atoms with Crippen LogP contribution in [0.1, 0.15) is 80.1 Å². The Morgan fingerprint density at radius 2 is 1.38 bits per heavy atom. The number of carbonyl (C=O) groups is 2. The summed E-state index contributed by atoms with van der Waals surface area (Å²) in [7, 11) is 15.7. The minimum atomic E-state index is -4.83. The number of carboxylic acid groups (broad SMARTS) is 2. The molecule has 2 aromatic heterocycles. The Morgan fingerprint density at radius 1 is 0.822 bits per heavy atom. The van der Waals surface area contributed by atoms with Gasteiger partial charge < -0.3 is 0 Å². The van der Waals surface area contributed by atoms with Gasteiger partial charge in [0.05, 0.1) is 0 Å². The second-order valence-corrected chi connectivity index (χ2v) is 25.6. The molecule has 0 aliphatic carbocycles. The van der Waals surface area contributed by atoms with Crippen LogP contribution in [0.3, 0.4) is 0 Å². The second kappa shape index (κ2) is 11.5. The van der Waals surface area contributed by atoms with Crippen LogP contribution >= 0.6 is 17.8 Å². The zero-order valence-electron chi connectivity index (χ0n) is 25.9. The zero-order valence-corrected chi connectivity index (χ0v) is 30.3. The van der Waals surface area contributed by atoms with E-state index in [1.54, 1.807) is 0 Å². The first kappa shape index (κ1) is 31.6. The molecule has 2 aromatic rings. The van der Waals surface area contributed by atoms with Crippen LogP contribution in [0.5, 0.6) is 0 Å². The van der Waals surface area contributed by atoms with E-state index in [0.29, 0.717) is 23.2 Å². The predicted octanol–water partition coefficient (Wildman–Crippen LogP) is 5.96. The predicted molar refractivity (Wildman–Crippen MR) is 184 cm³/mol. The van der Waals surface area contributed by atoms with Crippen molar-refractivity contribution in [1.82, 2.24) is 5.58 Å². The Balaban J connectivity index is 1.87. The van der Waals surface area contributed by atoms with E-state index in [2.05, 4.69) is 32.1 Å². The fourth-order valence-corrected chi connectivity index (χ4v) is 18.1. The van der Waals surface area contributed by atoms with Gasteiger partial charge in [0.25, 0.3) is 0 Å². The number of nitrogens with zero attached hydrogens (tertiary/aromatic N) is 4. The Hall–Kier alpha value is -3.34. The van der Waals surface area contributed by atoms with Gasteiger partial charge in [0.1, 0.15) is 0 Å². The van der Waals surface area contributed by atoms with Gasteiger partial charge in [-0.3, -0.25) is 0 Å². The maximum atomic E-state index is 11.9. The molecule has 0 unspecified atom stereocenters. The van der Waals surface area contributed by atoms with Crippen molar-refractivity contribution in [2.24, 2.45) is 9.98 Å². The molecule has 0 fully saturated rings. The van der Waals surface area contributed by atoms with Crippen molar-refractivity contribution in [2.45, 2.75) is 66.7 Å². The number of allylic oxidation sites excluding steroid dienone is 4. The molecule has 4 aliphatic heterocycles. The van der Waals surface area contributed by atoms with Gasteiger partial charge in [-0.05, 0) is 0 Å². The summed E-state index contributed by atoms with van der Waals surface area (Å²) >= 11 is -4.83. The number of aliphatic imine (C=N–C) groups is 2. The van der Waals surface area contributed by atoms with Crippen LogP contribution < -0.4 is 10.7 Å². The summed E-state index contributed by atoms with van der Waals surface area (Å²) in [5.74, 6) is -1.80. The molecular formula is C34H34Cl2N4O4Sn. The molecular weight excluding hydrogens is 718 g/mol. The molecule has 0 radical (unpaired) electrons. The third kappa shape index (κ3) is 4.96. The van der Waals surface area contributed by atoms with Crippen molar-refractivity contribution in [3.63, 3.8) is 0 Å². The maximum absolute atomic E-state index is 11.9. The van der Waals surface area contributed by atoms with E-state index in [1.807, 2.05) is 45.1 Å². The first-order chi connectivity index (χ1) is 21.3. The van der Waals surface area contributed by atoms with Gasteiger partial charge in [-0.2, -0.15) is 0 Å². The Bertz CT molecular complexity index is 2080. The average molecular weight is 752 g/mol. The summed E-state index contributed by atoms with van der Waals surface area (Å²) in [6.07, 6.45) is 11.1. The van der Waals surface area contributed by atoms with Crippen molar-refractivity contribution < 1.29 is 19.8 Å². The normalized spacial score (nSPS) is 17.7. The first-order valence-corrected chi connectivity index (χ1v) is 24.7. The minimum absolute atomic E-state index is 0.0506. The zero-order chi connectivity index (χ0) is 32.5. The van der Waals surface area contributed by atoms with Gasteiger partial charge in [-0.25, -0.2) is 0 Å². The van der Waals surface area contributed by atoms with Gasteiger partial charge in [-0.1, -0.05) is 0 Å². The van der Waals surface area contributed by atoms with Crippen LogP contribution in [-0.2, 0) is 16.0 Å². The number of hydrogen-bond acceptors (Lipinski definition) is 4. The van der Waals surface area contributed by atoms with E-state index in [-0.39, 0.29) is 19.3 Å². The molecule has 11 heteroatoms. The standard InChI is InChI=1S/C34H36N4O4.2ClH.Sn/c1-7-21-17(3)25-13-26-19(5)23(9-11-33(39)40)31(37-26)16-32-24(10-12-34(41)42)20(6)28(38-32)15-30-22(8-2)18(4)27(36-30)14-29(21)35-25;;;/h7,13-16H,1,8-12H2,2-6H3,(H4,35,36,37,38,39,40,41,42);2*1H;/q;;;+4/p-4. The summed E-state index contributed by atoms with van der Waals surface area (Å²) in [6, 6.07) is 0. The van der Waals surface area contributed by atoms with Crippen molar-refractivity contribution in [3.05, 3.63) is 84.6 Å². The quantitative estimate of drug-likeness (QED) is 0.325. The Morgan fingerprint density at radius 3 is 1.98 bits per heavy atom. The molecule has 6 rings (SSSR count). The van der Waals surface area contributed by atoms with E-state index in [9.17, 15) is 19.8 Å². The van der Waals surface area contributed by atoms with Crippen molar-refractivity contribution in [2.75, 3.05) is 0 Å². The van der Waals surface area contributed by atoms with Crippen LogP contribution in [0.25, 0.3) is 30.4 Å². The number of hydrogen-bond donors (Lipinski definition) is 2. The van der Waals surface area contributed by atoms with Crippen LogP contribution in [-0.4, -0.2) is 55.8 Å². The fourth-order valence-electron chi connectivity index (χ4n) is 6.94. The number of aliphatic carboxylic acids is 2. The molecule has 4 aliphatic rings. The first-order valence-electron chi connectivity index (χ1n) is 15.0. The van der Waals surface area contributed by atoms with E-state index < -0.39 is 28.6 Å². The summed E-state index contributed by atoms with van der Waals surface area (Å²) < 4.78 is 4.13. The summed E-state index contributed by atoms with van der Waals surface area (Å²) in [4.78, 5) is 33.7. The van der Waals surface area contributed by atoms with E-state index in [1.165, 1.54) is 0 Å². The van der Waals surface area contributed by atoms with E-state index in [0.717, 1.165) is 79.1 Å². The van der Waals surface area contributed by atoms with Gasteiger partial charge in [-0.15, -0.1) is 0 Å². The Labute approximate surface area is 273 Å². The average Bonchev–Trinajstić information content (AvgIpc) is 3.61. The van der Waals surface area contributed by atoms with Crippen molar-refractivity contribution in [1.29, 1.82) is 0 Å². The molecule has 0 spiro atoms. The number of rotatable bonds is 8. The third-order valence-corrected chi connectivity index (χ3v) is 19.7. The molecule has 0 amide bonds. The summed E-state index contributed by atoms with van der Waals surface area (Å²) in [5.41, 5.74) is 12.1. The monoisotopic (exact) mass is 752 g/mol. The van der Waals surface area contributed by atoms with Gasteiger partial charge in [0.2, 0.25) is 0 Å². The second-order valence-electron chi connectivity index (χ2n) is 11.8. The van der Waals surface area contributed by atoms with Crippen molar-refractivity contribution >= 4 is 88.3 Å². The Kier molecular flexibility index (Phi) is 8.07. The number of carboxylic acids is 2. The fraction of sp³-hybridized carbons (Fsp3) is 0.294. The number of halogens is 2. The van der Waals surface area contributed by atoms with Gasteiger partial charge in [0.15, 0.2) is 0 Å². The molecule has 0 atom stereocenters. The molecule has 0 aromatic carbocycles. The summed E-state index contributed by atoms with van der Waals surface area (Å²) in [6.45, 7) is 14.3. The molecule has 6 heterocycles. The van der Waals surface area contributed by atoms with Crippen LogP contribution in [0.4, 0.5) is 0 Å². The third-order valence-electron chi connectivity index (χ3n) is 9.32. The molecule has 8 nitrogen and oxygen atoms in total. The molecule has 6 bridgehead atoms. The molecule has 0 saturated carbocycles. The van der Waals surface area contributed by atoms with E-state index >= 15 is 0 Å². The molecule has 232 valence electrons. The SMILES string of the molecule is C=Cc1c(C)c2[n]3c1C=C1N=C(C=c4c(C)c(CCC(=O)O)c([n]4[Sn]3([Cl])[Cl])=CC3=NC(=C2)C(C)=C3CCC(=O)O)C(CC)=C1C.